The SMILES string of the molecule is CC(C)(C)CN1CCN(C(=O)CCCCc2cccs2)CC1. The fraction of sp³-hybridized carbons (Fsp3) is 0.722. The predicted octanol–water partition coefficient (Wildman–Crippen LogP) is 3.65. The predicted molar refractivity (Wildman–Crippen MR) is 94.3 cm³/mol. The van der Waals surface area contributed by atoms with Crippen LogP contribution in [0.5, 0.6) is 0 Å². The van der Waals surface area contributed by atoms with Crippen molar-refractivity contribution in [3.63, 3.8) is 0 Å². The molecule has 1 aliphatic rings. The third-order valence-corrected chi connectivity index (χ3v) is 5.00. The number of amides is 1. The Balaban J connectivity index is 1.60. The number of piperazine rings is 1. The Morgan fingerprint density at radius 1 is 1.18 bits per heavy atom. The van der Waals surface area contributed by atoms with E-state index in [1.54, 1.807) is 0 Å². The highest BCUT2D eigenvalue weighted by Crippen LogP contribution is 2.17. The van der Waals surface area contributed by atoms with Gasteiger partial charge in [0.25, 0.3) is 0 Å². The number of nitrogens with zero attached hydrogens (tertiary/aromatic N) is 2. The summed E-state index contributed by atoms with van der Waals surface area (Å²) in [6.45, 7) is 11.8. The maximum Gasteiger partial charge on any atom is 0.222 e. The molecule has 1 aromatic rings. The molecule has 2 heterocycles. The van der Waals surface area contributed by atoms with Gasteiger partial charge < -0.3 is 4.90 Å². The summed E-state index contributed by atoms with van der Waals surface area (Å²) in [7, 11) is 0. The van der Waals surface area contributed by atoms with Crippen molar-refractivity contribution in [1.29, 1.82) is 0 Å². The third-order valence-electron chi connectivity index (χ3n) is 4.07. The number of carbonyl (C=O) groups excluding carboxylic acids is 1. The van der Waals surface area contributed by atoms with Crippen molar-refractivity contribution in [3.8, 4) is 0 Å². The standard InChI is InChI=1S/C18H30N2OS/c1-18(2,3)15-19-10-12-20(13-11-19)17(21)9-5-4-7-16-8-6-14-22-16/h6,8,14H,4-5,7,9-13,15H2,1-3H3. The highest BCUT2D eigenvalue weighted by Gasteiger charge is 2.23. The molecule has 124 valence electrons. The van der Waals surface area contributed by atoms with Gasteiger partial charge in [-0.05, 0) is 36.1 Å². The van der Waals surface area contributed by atoms with E-state index in [9.17, 15) is 4.79 Å². The summed E-state index contributed by atoms with van der Waals surface area (Å²) in [5.74, 6) is 0.349. The van der Waals surface area contributed by atoms with Crippen LogP contribution in [-0.2, 0) is 11.2 Å². The van der Waals surface area contributed by atoms with Crippen LogP contribution < -0.4 is 0 Å². The van der Waals surface area contributed by atoms with E-state index in [4.69, 9.17) is 0 Å². The molecule has 4 heteroatoms. The Hall–Kier alpha value is -0.870. The van der Waals surface area contributed by atoms with Gasteiger partial charge >= 0.3 is 0 Å². The van der Waals surface area contributed by atoms with Gasteiger partial charge in [-0.1, -0.05) is 26.8 Å². The fourth-order valence-electron chi connectivity index (χ4n) is 3.01. The molecule has 1 amide bonds. The molecular formula is C18H30N2OS. The lowest BCUT2D eigenvalue weighted by Crippen LogP contribution is -2.50. The molecule has 0 aromatic carbocycles. The highest BCUT2D eigenvalue weighted by atomic mass is 32.1. The first-order chi connectivity index (χ1) is 10.4. The van der Waals surface area contributed by atoms with Crippen LogP contribution in [-0.4, -0.2) is 48.4 Å². The van der Waals surface area contributed by atoms with Crippen LogP contribution in [0.25, 0.3) is 0 Å². The normalized spacial score (nSPS) is 17.0. The van der Waals surface area contributed by atoms with Crippen molar-refractivity contribution >= 4 is 17.2 Å². The Morgan fingerprint density at radius 3 is 2.50 bits per heavy atom. The summed E-state index contributed by atoms with van der Waals surface area (Å²) in [5.41, 5.74) is 0.341. The minimum absolute atomic E-state index is 0.341. The second-order valence-electron chi connectivity index (χ2n) is 7.50. The molecule has 0 atom stereocenters. The van der Waals surface area contributed by atoms with Crippen molar-refractivity contribution in [3.05, 3.63) is 22.4 Å². The average Bonchev–Trinajstić information content (AvgIpc) is 2.95. The molecule has 0 radical (unpaired) electrons. The van der Waals surface area contributed by atoms with Gasteiger partial charge in [-0.15, -0.1) is 11.3 Å². The van der Waals surface area contributed by atoms with Crippen LogP contribution in [0.1, 0.15) is 44.9 Å². The number of hydrogen-bond donors (Lipinski definition) is 0. The van der Waals surface area contributed by atoms with Crippen molar-refractivity contribution in [2.75, 3.05) is 32.7 Å². The zero-order valence-corrected chi connectivity index (χ0v) is 15.1. The van der Waals surface area contributed by atoms with Gasteiger partial charge in [0.1, 0.15) is 0 Å². The van der Waals surface area contributed by atoms with Crippen LogP contribution in [0.4, 0.5) is 0 Å². The highest BCUT2D eigenvalue weighted by molar-refractivity contribution is 7.09. The topological polar surface area (TPSA) is 23.6 Å². The van der Waals surface area contributed by atoms with Crippen LogP contribution >= 0.6 is 11.3 Å². The summed E-state index contributed by atoms with van der Waals surface area (Å²) in [5, 5.41) is 2.12. The zero-order valence-electron chi connectivity index (χ0n) is 14.3. The summed E-state index contributed by atoms with van der Waals surface area (Å²) in [4.78, 5) is 18.2. The molecule has 0 unspecified atom stereocenters. The molecule has 1 saturated heterocycles. The Morgan fingerprint density at radius 2 is 1.91 bits per heavy atom. The second kappa shape index (κ2) is 8.11. The fourth-order valence-corrected chi connectivity index (χ4v) is 3.77. The van der Waals surface area contributed by atoms with Gasteiger partial charge in [0.15, 0.2) is 0 Å². The van der Waals surface area contributed by atoms with E-state index in [1.807, 2.05) is 11.3 Å². The summed E-state index contributed by atoms with van der Waals surface area (Å²) in [6.07, 6.45) is 3.96. The number of unbranched alkanes of at least 4 members (excludes halogenated alkanes) is 1. The molecule has 0 aliphatic carbocycles. The van der Waals surface area contributed by atoms with Crippen molar-refractivity contribution < 1.29 is 4.79 Å². The van der Waals surface area contributed by atoms with E-state index in [-0.39, 0.29) is 0 Å². The van der Waals surface area contributed by atoms with Crippen molar-refractivity contribution in [1.82, 2.24) is 9.80 Å². The first kappa shape index (κ1) is 17.5. The van der Waals surface area contributed by atoms with E-state index in [0.29, 0.717) is 17.7 Å². The molecule has 2 rings (SSSR count). The van der Waals surface area contributed by atoms with E-state index < -0.39 is 0 Å². The smallest absolute Gasteiger partial charge is 0.222 e. The number of thiophene rings is 1. The maximum atomic E-state index is 12.3. The van der Waals surface area contributed by atoms with Crippen LogP contribution in [0.3, 0.4) is 0 Å². The monoisotopic (exact) mass is 322 g/mol. The van der Waals surface area contributed by atoms with Gasteiger partial charge in [-0.3, -0.25) is 9.69 Å². The molecular weight excluding hydrogens is 292 g/mol. The quantitative estimate of drug-likeness (QED) is 0.746. The first-order valence-electron chi connectivity index (χ1n) is 8.46. The second-order valence-corrected chi connectivity index (χ2v) is 8.54. The molecule has 22 heavy (non-hydrogen) atoms. The summed E-state index contributed by atoms with van der Waals surface area (Å²) in [6, 6.07) is 4.28. The largest absolute Gasteiger partial charge is 0.340 e. The van der Waals surface area contributed by atoms with E-state index >= 15 is 0 Å². The van der Waals surface area contributed by atoms with Gasteiger partial charge in [0, 0.05) is 44.0 Å². The maximum absolute atomic E-state index is 12.3. The third kappa shape index (κ3) is 6.09. The minimum atomic E-state index is 0.341. The van der Waals surface area contributed by atoms with Crippen molar-refractivity contribution in [2.45, 2.75) is 46.5 Å². The number of aryl methyl sites for hydroxylation is 1. The summed E-state index contributed by atoms with van der Waals surface area (Å²) >= 11 is 1.81. The molecule has 0 N–H and O–H groups in total. The molecule has 1 fully saturated rings. The van der Waals surface area contributed by atoms with Crippen LogP contribution in [0.15, 0.2) is 17.5 Å². The lowest BCUT2D eigenvalue weighted by molar-refractivity contribution is -0.133. The van der Waals surface area contributed by atoms with Crippen LogP contribution in [0, 0.1) is 5.41 Å². The molecule has 0 spiro atoms. The van der Waals surface area contributed by atoms with Gasteiger partial charge in [-0.25, -0.2) is 0 Å². The Bertz CT molecular complexity index is 442. The first-order valence-corrected chi connectivity index (χ1v) is 9.34. The molecule has 1 aromatic heterocycles. The van der Waals surface area contributed by atoms with Gasteiger partial charge in [-0.2, -0.15) is 0 Å². The minimum Gasteiger partial charge on any atom is -0.340 e. The van der Waals surface area contributed by atoms with Gasteiger partial charge in [0.05, 0.1) is 0 Å². The Labute approximate surface area is 139 Å². The van der Waals surface area contributed by atoms with Gasteiger partial charge in [0.2, 0.25) is 5.91 Å². The van der Waals surface area contributed by atoms with Crippen LogP contribution in [0.2, 0.25) is 0 Å². The van der Waals surface area contributed by atoms with E-state index in [0.717, 1.165) is 52.0 Å². The number of carbonyl (C=O) groups is 1. The number of hydrogen-bond acceptors (Lipinski definition) is 3. The number of rotatable bonds is 6. The molecule has 3 nitrogen and oxygen atoms in total. The average molecular weight is 323 g/mol. The molecule has 1 aliphatic heterocycles. The lowest BCUT2D eigenvalue weighted by Gasteiger charge is -2.37. The van der Waals surface area contributed by atoms with E-state index in [2.05, 4.69) is 48.1 Å². The Kier molecular flexibility index (Phi) is 6.45. The van der Waals surface area contributed by atoms with Crippen molar-refractivity contribution in [2.24, 2.45) is 5.41 Å². The lowest BCUT2D eigenvalue weighted by atomic mass is 9.96. The molecule has 0 bridgehead atoms. The zero-order chi connectivity index (χ0) is 16.0. The molecule has 0 saturated carbocycles. The summed E-state index contributed by atoms with van der Waals surface area (Å²) < 4.78 is 0. The van der Waals surface area contributed by atoms with E-state index in [1.165, 1.54) is 4.88 Å².